The van der Waals surface area contributed by atoms with Crippen LogP contribution in [0.3, 0.4) is 0 Å². The van der Waals surface area contributed by atoms with E-state index in [0.29, 0.717) is 23.8 Å². The Morgan fingerprint density at radius 2 is 1.92 bits per heavy atom. The zero-order valence-corrected chi connectivity index (χ0v) is 14.2. The normalized spacial score (nSPS) is 15.6. The minimum Gasteiger partial charge on any atom is -0.338 e. The number of carbonyl (C=O) groups excluding carboxylic acids is 1. The Morgan fingerprint density at radius 3 is 2.64 bits per heavy atom. The summed E-state index contributed by atoms with van der Waals surface area (Å²) in [5.41, 5.74) is 2.21. The Hall–Kier alpha value is -2.60. The van der Waals surface area contributed by atoms with Crippen LogP contribution in [0.4, 0.5) is 0 Å². The molecule has 0 spiro atoms. The average Bonchev–Trinajstić information content (AvgIpc) is 2.97. The van der Waals surface area contributed by atoms with Crippen molar-refractivity contribution in [3.05, 3.63) is 63.8 Å². The van der Waals surface area contributed by atoms with E-state index in [1.807, 2.05) is 28.8 Å². The Labute approximate surface area is 149 Å². The number of H-pyrrole nitrogens is 1. The van der Waals surface area contributed by atoms with E-state index in [2.05, 4.69) is 9.97 Å². The van der Waals surface area contributed by atoms with Crippen molar-refractivity contribution in [1.29, 1.82) is 0 Å². The second-order valence-electron chi connectivity index (χ2n) is 6.21. The third-order valence-electron chi connectivity index (χ3n) is 4.72. The van der Waals surface area contributed by atoms with Crippen molar-refractivity contribution in [3.8, 4) is 0 Å². The van der Waals surface area contributed by atoms with E-state index >= 15 is 0 Å². The van der Waals surface area contributed by atoms with Crippen LogP contribution >= 0.6 is 11.6 Å². The van der Waals surface area contributed by atoms with Gasteiger partial charge in [0.2, 0.25) is 0 Å². The lowest BCUT2D eigenvalue weighted by Crippen LogP contribution is -2.40. The number of imidazole rings is 1. The molecule has 0 atom stereocenters. The van der Waals surface area contributed by atoms with Gasteiger partial charge in [0.05, 0.1) is 16.6 Å². The molecule has 1 fully saturated rings. The molecule has 1 aromatic carbocycles. The number of piperidine rings is 1. The van der Waals surface area contributed by atoms with Crippen molar-refractivity contribution in [2.45, 2.75) is 18.9 Å². The summed E-state index contributed by atoms with van der Waals surface area (Å²) >= 11 is 5.77. The number of carbonyl (C=O) groups is 1. The van der Waals surface area contributed by atoms with Gasteiger partial charge >= 0.3 is 5.69 Å². The van der Waals surface area contributed by atoms with E-state index in [1.54, 1.807) is 17.0 Å². The maximum Gasteiger partial charge on any atom is 0.326 e. The number of nitrogens with one attached hydrogen (secondary N) is 1. The van der Waals surface area contributed by atoms with E-state index in [0.717, 1.165) is 23.9 Å². The van der Waals surface area contributed by atoms with Gasteiger partial charge in [-0.05, 0) is 37.1 Å². The third-order valence-corrected chi connectivity index (χ3v) is 4.94. The Bertz CT molecular complexity index is 969. The van der Waals surface area contributed by atoms with Crippen LogP contribution in [0, 0.1) is 0 Å². The minimum atomic E-state index is -0.0899. The number of nitrogens with zero attached hydrogens (tertiary/aromatic N) is 3. The highest BCUT2D eigenvalue weighted by atomic mass is 35.5. The number of aromatic amines is 1. The first-order valence-electron chi connectivity index (χ1n) is 8.23. The Morgan fingerprint density at radius 1 is 1.16 bits per heavy atom. The van der Waals surface area contributed by atoms with E-state index in [9.17, 15) is 9.59 Å². The van der Waals surface area contributed by atoms with Gasteiger partial charge in [-0.1, -0.05) is 23.7 Å². The summed E-state index contributed by atoms with van der Waals surface area (Å²) in [6.45, 7) is 1.22. The number of fused-ring (bicyclic) bond motifs is 1. The molecule has 1 amide bonds. The van der Waals surface area contributed by atoms with Crippen LogP contribution in [0.2, 0.25) is 5.15 Å². The number of aromatic nitrogens is 3. The summed E-state index contributed by atoms with van der Waals surface area (Å²) in [7, 11) is 0. The van der Waals surface area contributed by atoms with Crippen LogP contribution < -0.4 is 5.69 Å². The Kier molecular flexibility index (Phi) is 4.05. The first-order chi connectivity index (χ1) is 12.1. The van der Waals surface area contributed by atoms with Gasteiger partial charge in [-0.3, -0.25) is 9.36 Å². The minimum absolute atomic E-state index is 0.0473. The van der Waals surface area contributed by atoms with Gasteiger partial charge in [0.15, 0.2) is 0 Å². The van der Waals surface area contributed by atoms with E-state index in [1.165, 1.54) is 6.20 Å². The number of hydrogen-bond donors (Lipinski definition) is 1. The molecule has 0 bridgehead atoms. The molecule has 0 aliphatic carbocycles. The van der Waals surface area contributed by atoms with Gasteiger partial charge in [-0.15, -0.1) is 0 Å². The molecule has 7 heteroatoms. The fourth-order valence-corrected chi connectivity index (χ4v) is 3.56. The number of pyridine rings is 1. The first kappa shape index (κ1) is 15.9. The van der Waals surface area contributed by atoms with Crippen LogP contribution in [0.25, 0.3) is 11.0 Å². The summed E-state index contributed by atoms with van der Waals surface area (Å²) < 4.78 is 1.82. The van der Waals surface area contributed by atoms with Gasteiger partial charge < -0.3 is 9.88 Å². The fraction of sp³-hybridized carbons (Fsp3) is 0.278. The fourth-order valence-electron chi connectivity index (χ4n) is 3.45. The molecule has 2 aromatic heterocycles. The molecule has 128 valence electrons. The number of likely N-dealkylation sites (tertiary alicyclic amines) is 1. The molecule has 25 heavy (non-hydrogen) atoms. The van der Waals surface area contributed by atoms with Crippen molar-refractivity contribution >= 4 is 28.5 Å². The molecule has 1 aliphatic rings. The molecule has 0 radical (unpaired) electrons. The molecule has 1 saturated heterocycles. The van der Waals surface area contributed by atoms with Crippen molar-refractivity contribution in [2.75, 3.05) is 13.1 Å². The summed E-state index contributed by atoms with van der Waals surface area (Å²) in [5, 5.41) is 0.369. The summed E-state index contributed by atoms with van der Waals surface area (Å²) in [5.74, 6) is -0.0473. The molecule has 3 heterocycles. The lowest BCUT2D eigenvalue weighted by Gasteiger charge is -2.32. The molecule has 0 saturated carbocycles. The standard InChI is InChI=1S/C18H17ClN4O2/c19-16-6-5-12(11-20-16)17(24)22-9-7-13(8-10-22)23-15-4-2-1-3-14(15)21-18(23)25/h1-6,11,13H,7-10H2,(H,21,25). The molecule has 6 nitrogen and oxygen atoms in total. The zero-order chi connectivity index (χ0) is 17.4. The monoisotopic (exact) mass is 356 g/mol. The van der Waals surface area contributed by atoms with Crippen LogP contribution in [0.5, 0.6) is 0 Å². The predicted molar refractivity (Wildman–Crippen MR) is 96.0 cm³/mol. The van der Waals surface area contributed by atoms with Crippen molar-refractivity contribution in [1.82, 2.24) is 19.4 Å². The number of benzene rings is 1. The molecular formula is C18H17ClN4O2. The SMILES string of the molecule is O=C(c1ccc(Cl)nc1)N1CCC(n2c(=O)[nH]c3ccccc32)CC1. The highest BCUT2D eigenvalue weighted by molar-refractivity contribution is 6.29. The topological polar surface area (TPSA) is 71.0 Å². The zero-order valence-electron chi connectivity index (χ0n) is 13.5. The third kappa shape index (κ3) is 2.93. The van der Waals surface area contributed by atoms with Crippen molar-refractivity contribution in [2.24, 2.45) is 0 Å². The van der Waals surface area contributed by atoms with Gasteiger partial charge in [0.25, 0.3) is 5.91 Å². The number of halogens is 1. The number of hydrogen-bond acceptors (Lipinski definition) is 3. The van der Waals surface area contributed by atoms with E-state index < -0.39 is 0 Å². The summed E-state index contributed by atoms with van der Waals surface area (Å²) in [6.07, 6.45) is 2.99. The molecule has 1 aliphatic heterocycles. The second kappa shape index (κ2) is 6.37. The first-order valence-corrected chi connectivity index (χ1v) is 8.61. The highest BCUT2D eigenvalue weighted by Gasteiger charge is 2.26. The quantitative estimate of drug-likeness (QED) is 0.718. The smallest absolute Gasteiger partial charge is 0.326 e. The number of para-hydroxylation sites is 2. The number of rotatable bonds is 2. The summed E-state index contributed by atoms with van der Waals surface area (Å²) in [4.78, 5) is 33.5. The second-order valence-corrected chi connectivity index (χ2v) is 6.60. The molecule has 1 N–H and O–H groups in total. The lowest BCUT2D eigenvalue weighted by atomic mass is 10.0. The maximum atomic E-state index is 12.6. The average molecular weight is 357 g/mol. The van der Waals surface area contributed by atoms with Crippen LogP contribution in [-0.2, 0) is 0 Å². The van der Waals surface area contributed by atoms with E-state index in [4.69, 9.17) is 11.6 Å². The molecular weight excluding hydrogens is 340 g/mol. The molecule has 0 unspecified atom stereocenters. The highest BCUT2D eigenvalue weighted by Crippen LogP contribution is 2.25. The number of amides is 1. The van der Waals surface area contributed by atoms with E-state index in [-0.39, 0.29) is 17.6 Å². The van der Waals surface area contributed by atoms with Crippen LogP contribution in [-0.4, -0.2) is 38.4 Å². The van der Waals surface area contributed by atoms with Gasteiger partial charge in [0, 0.05) is 25.3 Å². The van der Waals surface area contributed by atoms with Crippen molar-refractivity contribution in [3.63, 3.8) is 0 Å². The predicted octanol–water partition coefficient (Wildman–Crippen LogP) is 2.86. The lowest BCUT2D eigenvalue weighted by molar-refractivity contribution is 0.0694. The maximum absolute atomic E-state index is 12.6. The molecule has 3 aromatic rings. The van der Waals surface area contributed by atoms with Gasteiger partial charge in [-0.2, -0.15) is 0 Å². The van der Waals surface area contributed by atoms with Crippen LogP contribution in [0.1, 0.15) is 29.2 Å². The largest absolute Gasteiger partial charge is 0.338 e. The summed E-state index contributed by atoms with van der Waals surface area (Å²) in [6, 6.07) is 11.1. The van der Waals surface area contributed by atoms with Gasteiger partial charge in [0.1, 0.15) is 5.15 Å². The van der Waals surface area contributed by atoms with Crippen LogP contribution in [0.15, 0.2) is 47.4 Å². The van der Waals surface area contributed by atoms with Gasteiger partial charge in [-0.25, -0.2) is 9.78 Å². The van der Waals surface area contributed by atoms with Crippen molar-refractivity contribution < 1.29 is 4.79 Å². The Balaban J connectivity index is 1.51. The molecule has 4 rings (SSSR count).